The molecule has 174 valence electrons. The normalized spacial score (nSPS) is 16.1. The molecular formula is C24H24FN7O2. The van der Waals surface area contributed by atoms with Crippen LogP contribution in [0.4, 0.5) is 14.9 Å². The van der Waals surface area contributed by atoms with Crippen molar-refractivity contribution in [2.24, 2.45) is 0 Å². The van der Waals surface area contributed by atoms with E-state index < -0.39 is 0 Å². The molecule has 9 nitrogen and oxygen atoms in total. The van der Waals surface area contributed by atoms with Crippen LogP contribution in [0.3, 0.4) is 0 Å². The largest absolute Gasteiger partial charge is 0.324 e. The lowest BCUT2D eigenvalue weighted by molar-refractivity contribution is 0.191. The van der Waals surface area contributed by atoms with Crippen molar-refractivity contribution < 1.29 is 9.18 Å². The maximum atomic E-state index is 13.1. The summed E-state index contributed by atoms with van der Waals surface area (Å²) in [6.45, 7) is 3.46. The molecule has 2 aromatic heterocycles. The van der Waals surface area contributed by atoms with Crippen LogP contribution in [0.5, 0.6) is 0 Å². The van der Waals surface area contributed by atoms with Crippen LogP contribution in [0.2, 0.25) is 0 Å². The lowest BCUT2D eigenvalue weighted by Crippen LogP contribution is -2.42. The zero-order chi connectivity index (χ0) is 23.7. The van der Waals surface area contributed by atoms with Crippen LogP contribution in [-0.4, -0.2) is 49.0 Å². The number of fused-ring (bicyclic) bond motifs is 1. The maximum Gasteiger partial charge on any atom is 0.321 e. The van der Waals surface area contributed by atoms with Crippen LogP contribution < -0.4 is 10.9 Å². The molecule has 0 aliphatic carbocycles. The van der Waals surface area contributed by atoms with Crippen LogP contribution in [0.1, 0.15) is 35.7 Å². The summed E-state index contributed by atoms with van der Waals surface area (Å²) in [4.78, 5) is 34.7. The van der Waals surface area contributed by atoms with E-state index in [4.69, 9.17) is 4.98 Å². The van der Waals surface area contributed by atoms with Gasteiger partial charge in [-0.25, -0.2) is 18.9 Å². The minimum atomic E-state index is -0.363. The summed E-state index contributed by atoms with van der Waals surface area (Å²) < 4.78 is 14.8. The van der Waals surface area contributed by atoms with Gasteiger partial charge in [0.1, 0.15) is 11.6 Å². The average Bonchev–Trinajstić information content (AvgIpc) is 3.25. The number of amides is 2. The van der Waals surface area contributed by atoms with Crippen molar-refractivity contribution in [3.05, 3.63) is 81.7 Å². The third-order valence-electron chi connectivity index (χ3n) is 6.04. The summed E-state index contributed by atoms with van der Waals surface area (Å²) in [6, 6.07) is 13.4. The Kier molecular flexibility index (Phi) is 5.79. The van der Waals surface area contributed by atoms with Gasteiger partial charge < -0.3 is 15.2 Å². The molecule has 1 atom stereocenters. The molecule has 1 aliphatic rings. The minimum absolute atomic E-state index is 0.132. The molecule has 10 heteroatoms. The number of aromatic nitrogens is 5. The SMILES string of the molecule is Cc1ccc(Cn2nnc3c(=O)[nH]c(C4CCCN(C(=O)Nc5ccc(F)cc5)C4)nc32)cc1. The maximum absolute atomic E-state index is 13.1. The number of carbonyl (C=O) groups is 1. The summed E-state index contributed by atoms with van der Waals surface area (Å²) in [7, 11) is 0. The Balaban J connectivity index is 1.36. The number of piperidine rings is 1. The van der Waals surface area contributed by atoms with Gasteiger partial charge in [0.2, 0.25) is 0 Å². The molecule has 0 radical (unpaired) electrons. The minimum Gasteiger partial charge on any atom is -0.324 e. The van der Waals surface area contributed by atoms with E-state index in [0.29, 0.717) is 36.8 Å². The van der Waals surface area contributed by atoms with Gasteiger partial charge in [-0.15, -0.1) is 5.10 Å². The third-order valence-corrected chi connectivity index (χ3v) is 6.04. The van der Waals surface area contributed by atoms with Crippen molar-refractivity contribution >= 4 is 22.9 Å². The van der Waals surface area contributed by atoms with E-state index >= 15 is 0 Å². The molecule has 34 heavy (non-hydrogen) atoms. The summed E-state index contributed by atoms with van der Waals surface area (Å²) in [5, 5.41) is 11.0. The summed E-state index contributed by atoms with van der Waals surface area (Å²) >= 11 is 0. The van der Waals surface area contributed by atoms with E-state index in [9.17, 15) is 14.0 Å². The number of halogens is 1. The molecule has 5 rings (SSSR count). The zero-order valence-electron chi connectivity index (χ0n) is 18.7. The van der Waals surface area contributed by atoms with Gasteiger partial charge >= 0.3 is 6.03 Å². The zero-order valence-corrected chi connectivity index (χ0v) is 18.7. The van der Waals surface area contributed by atoms with Crippen LogP contribution >= 0.6 is 0 Å². The molecule has 1 saturated heterocycles. The number of urea groups is 1. The number of hydrogen-bond donors (Lipinski definition) is 2. The van der Waals surface area contributed by atoms with Gasteiger partial charge in [0, 0.05) is 24.7 Å². The van der Waals surface area contributed by atoms with Crippen molar-refractivity contribution in [2.75, 3.05) is 18.4 Å². The molecule has 4 aromatic rings. The van der Waals surface area contributed by atoms with Crippen LogP contribution in [0, 0.1) is 12.7 Å². The summed E-state index contributed by atoms with van der Waals surface area (Å²) in [6.07, 6.45) is 1.55. The highest BCUT2D eigenvalue weighted by Crippen LogP contribution is 2.25. The fourth-order valence-electron chi connectivity index (χ4n) is 4.17. The monoisotopic (exact) mass is 461 g/mol. The number of aromatic amines is 1. The van der Waals surface area contributed by atoms with E-state index in [2.05, 4.69) is 20.6 Å². The smallest absolute Gasteiger partial charge is 0.321 e. The second-order valence-electron chi connectivity index (χ2n) is 8.58. The molecule has 2 aromatic carbocycles. The Labute approximate surface area is 194 Å². The van der Waals surface area contributed by atoms with Gasteiger partial charge in [-0.2, -0.15) is 0 Å². The molecule has 1 aliphatic heterocycles. The number of rotatable bonds is 4. The number of nitrogens with zero attached hydrogens (tertiary/aromatic N) is 5. The number of likely N-dealkylation sites (tertiary alicyclic amines) is 1. The number of hydrogen-bond acceptors (Lipinski definition) is 5. The van der Waals surface area contributed by atoms with Gasteiger partial charge in [-0.1, -0.05) is 35.0 Å². The van der Waals surface area contributed by atoms with Crippen LogP contribution in [-0.2, 0) is 6.54 Å². The summed E-state index contributed by atoms with van der Waals surface area (Å²) in [5.74, 6) is 0.0225. The number of aryl methyl sites for hydroxylation is 1. The van der Waals surface area contributed by atoms with Crippen molar-refractivity contribution in [1.82, 2.24) is 29.9 Å². The van der Waals surface area contributed by atoms with Crippen molar-refractivity contribution in [2.45, 2.75) is 32.2 Å². The van der Waals surface area contributed by atoms with E-state index in [1.165, 1.54) is 24.3 Å². The first kappa shape index (κ1) is 21.7. The first-order chi connectivity index (χ1) is 16.5. The highest BCUT2D eigenvalue weighted by molar-refractivity contribution is 5.89. The number of benzene rings is 2. The molecule has 1 unspecified atom stereocenters. The fraction of sp³-hybridized carbons (Fsp3) is 0.292. The van der Waals surface area contributed by atoms with Crippen LogP contribution in [0.15, 0.2) is 53.3 Å². The molecule has 0 saturated carbocycles. The molecule has 0 spiro atoms. The van der Waals surface area contributed by atoms with Gasteiger partial charge in [0.25, 0.3) is 5.56 Å². The van der Waals surface area contributed by atoms with E-state index in [1.54, 1.807) is 9.58 Å². The fourth-order valence-corrected chi connectivity index (χ4v) is 4.17. The predicted octanol–water partition coefficient (Wildman–Crippen LogP) is 3.42. The highest BCUT2D eigenvalue weighted by atomic mass is 19.1. The quantitative estimate of drug-likeness (QED) is 0.484. The van der Waals surface area contributed by atoms with Gasteiger partial charge in [0.05, 0.1) is 6.54 Å². The predicted molar refractivity (Wildman–Crippen MR) is 125 cm³/mol. The lowest BCUT2D eigenvalue weighted by atomic mass is 9.97. The topological polar surface area (TPSA) is 109 Å². The van der Waals surface area contributed by atoms with E-state index in [1.807, 2.05) is 31.2 Å². The first-order valence-corrected chi connectivity index (χ1v) is 11.2. The van der Waals surface area contributed by atoms with Gasteiger partial charge in [-0.3, -0.25) is 4.79 Å². The van der Waals surface area contributed by atoms with Gasteiger partial charge in [-0.05, 0) is 49.6 Å². The Morgan fingerprint density at radius 1 is 1.18 bits per heavy atom. The molecule has 2 amide bonds. The second kappa shape index (κ2) is 9.05. The molecule has 1 fully saturated rings. The molecule has 3 heterocycles. The third kappa shape index (κ3) is 4.52. The second-order valence-corrected chi connectivity index (χ2v) is 8.58. The number of anilines is 1. The standard InChI is InChI=1S/C24H24FN7O2/c1-15-4-6-16(7-5-15)13-32-22-20(29-30-32)23(33)28-21(27-22)17-3-2-12-31(14-17)24(34)26-19-10-8-18(25)9-11-19/h4-11,17H,2-3,12-14H2,1H3,(H,26,34)(H,27,28,33). The number of carbonyl (C=O) groups excluding carboxylic acids is 1. The molecule has 0 bridgehead atoms. The van der Waals surface area contributed by atoms with Crippen molar-refractivity contribution in [3.8, 4) is 0 Å². The lowest BCUT2D eigenvalue weighted by Gasteiger charge is -2.32. The Bertz CT molecular complexity index is 1380. The Morgan fingerprint density at radius 3 is 2.71 bits per heavy atom. The van der Waals surface area contributed by atoms with Crippen molar-refractivity contribution in [1.29, 1.82) is 0 Å². The number of H-pyrrole nitrogens is 1. The average molecular weight is 462 g/mol. The first-order valence-electron chi connectivity index (χ1n) is 11.2. The van der Waals surface area contributed by atoms with E-state index in [-0.39, 0.29) is 28.8 Å². The molecular weight excluding hydrogens is 437 g/mol. The van der Waals surface area contributed by atoms with Crippen molar-refractivity contribution in [3.63, 3.8) is 0 Å². The Hall–Kier alpha value is -4.08. The molecule has 2 N–H and O–H groups in total. The van der Waals surface area contributed by atoms with Crippen LogP contribution in [0.25, 0.3) is 11.2 Å². The highest BCUT2D eigenvalue weighted by Gasteiger charge is 2.27. The van der Waals surface area contributed by atoms with E-state index in [0.717, 1.165) is 24.0 Å². The van der Waals surface area contributed by atoms with Gasteiger partial charge in [0.15, 0.2) is 11.2 Å². The Morgan fingerprint density at radius 2 is 1.94 bits per heavy atom. The summed E-state index contributed by atoms with van der Waals surface area (Å²) in [5.41, 5.74) is 2.98. The number of nitrogens with one attached hydrogen (secondary N) is 2.